The lowest BCUT2D eigenvalue weighted by Crippen LogP contribution is -2.16. The molecule has 2 N–H and O–H groups in total. The third-order valence-corrected chi connectivity index (χ3v) is 3.02. The van der Waals surface area contributed by atoms with Crippen LogP contribution in [0.3, 0.4) is 0 Å². The second kappa shape index (κ2) is 5.46. The van der Waals surface area contributed by atoms with E-state index in [1.807, 2.05) is 6.92 Å². The van der Waals surface area contributed by atoms with Gasteiger partial charge >= 0.3 is 0 Å². The number of ether oxygens (including phenoxy) is 1. The minimum absolute atomic E-state index is 0.420. The third kappa shape index (κ3) is 2.62. The minimum atomic E-state index is 0.420. The molecule has 0 radical (unpaired) electrons. The fourth-order valence-corrected chi connectivity index (χ4v) is 2.16. The molecule has 1 saturated heterocycles. The van der Waals surface area contributed by atoms with Crippen molar-refractivity contribution < 1.29 is 9.15 Å². The van der Waals surface area contributed by atoms with Gasteiger partial charge in [0.2, 0.25) is 0 Å². The number of hydrogen-bond acceptors (Lipinski definition) is 4. The predicted octanol–water partition coefficient (Wildman–Crippen LogP) is 1.77. The van der Waals surface area contributed by atoms with Gasteiger partial charge in [-0.1, -0.05) is 0 Å². The zero-order valence-electron chi connectivity index (χ0n) is 9.87. The molecule has 1 unspecified atom stereocenters. The van der Waals surface area contributed by atoms with Crippen LogP contribution in [0.25, 0.3) is 0 Å². The summed E-state index contributed by atoms with van der Waals surface area (Å²) < 4.78 is 11.1. The summed E-state index contributed by atoms with van der Waals surface area (Å²) in [5.74, 6) is 2.19. The first-order valence-electron chi connectivity index (χ1n) is 6.05. The Hall–Kier alpha value is -0.870. The van der Waals surface area contributed by atoms with Crippen molar-refractivity contribution in [3.05, 3.63) is 17.3 Å². The Morgan fingerprint density at radius 3 is 3.06 bits per heavy atom. The molecule has 16 heavy (non-hydrogen) atoms. The monoisotopic (exact) mass is 224 g/mol. The van der Waals surface area contributed by atoms with Gasteiger partial charge in [-0.3, -0.25) is 0 Å². The molecule has 2 heterocycles. The Morgan fingerprint density at radius 2 is 2.38 bits per heavy atom. The van der Waals surface area contributed by atoms with Gasteiger partial charge in [0.25, 0.3) is 0 Å². The van der Waals surface area contributed by atoms with Gasteiger partial charge in [-0.15, -0.1) is 0 Å². The van der Waals surface area contributed by atoms with E-state index in [1.165, 1.54) is 0 Å². The highest BCUT2D eigenvalue weighted by molar-refractivity contribution is 5.14. The summed E-state index contributed by atoms with van der Waals surface area (Å²) in [6, 6.07) is 0. The number of hydrogen-bond donors (Lipinski definition) is 1. The normalized spacial score (nSPS) is 21.2. The molecule has 90 valence electrons. The second-order valence-electron chi connectivity index (χ2n) is 4.36. The molecule has 1 aliphatic rings. The molecule has 1 fully saturated rings. The minimum Gasteiger partial charge on any atom is -0.446 e. The zero-order valence-corrected chi connectivity index (χ0v) is 9.87. The van der Waals surface area contributed by atoms with Crippen LogP contribution in [0, 0.1) is 6.92 Å². The first-order valence-corrected chi connectivity index (χ1v) is 6.05. The SMILES string of the molecule is Cc1oc(CCCN)nc1C1CCCOC1. The highest BCUT2D eigenvalue weighted by Crippen LogP contribution is 2.27. The molecule has 0 spiro atoms. The Bertz CT molecular complexity index is 330. The van der Waals surface area contributed by atoms with Crippen LogP contribution in [0.15, 0.2) is 4.42 Å². The van der Waals surface area contributed by atoms with Gasteiger partial charge in [0.05, 0.1) is 12.3 Å². The van der Waals surface area contributed by atoms with Crippen LogP contribution < -0.4 is 5.73 Å². The molecule has 0 aromatic carbocycles. The van der Waals surface area contributed by atoms with E-state index in [2.05, 4.69) is 4.98 Å². The molecule has 4 heteroatoms. The fraction of sp³-hybridized carbons (Fsp3) is 0.750. The van der Waals surface area contributed by atoms with E-state index in [4.69, 9.17) is 14.9 Å². The van der Waals surface area contributed by atoms with Crippen LogP contribution in [0.1, 0.15) is 42.5 Å². The largest absolute Gasteiger partial charge is 0.446 e. The van der Waals surface area contributed by atoms with Crippen LogP contribution in [-0.4, -0.2) is 24.7 Å². The van der Waals surface area contributed by atoms with Crippen molar-refractivity contribution in [1.29, 1.82) is 0 Å². The van der Waals surface area contributed by atoms with E-state index in [9.17, 15) is 0 Å². The van der Waals surface area contributed by atoms with Gasteiger partial charge in [0.1, 0.15) is 5.76 Å². The predicted molar refractivity (Wildman–Crippen MR) is 61.4 cm³/mol. The Labute approximate surface area is 96.2 Å². The number of oxazole rings is 1. The second-order valence-corrected chi connectivity index (χ2v) is 4.36. The average molecular weight is 224 g/mol. The van der Waals surface area contributed by atoms with E-state index in [-0.39, 0.29) is 0 Å². The number of nitrogens with zero attached hydrogens (tertiary/aromatic N) is 1. The van der Waals surface area contributed by atoms with Crippen molar-refractivity contribution in [2.45, 2.75) is 38.5 Å². The van der Waals surface area contributed by atoms with Gasteiger partial charge < -0.3 is 14.9 Å². The smallest absolute Gasteiger partial charge is 0.194 e. The maximum Gasteiger partial charge on any atom is 0.194 e. The van der Waals surface area contributed by atoms with E-state index in [0.717, 1.165) is 56.2 Å². The Kier molecular flexibility index (Phi) is 3.96. The summed E-state index contributed by atoms with van der Waals surface area (Å²) in [7, 11) is 0. The molecule has 1 aromatic rings. The molecule has 1 aromatic heterocycles. The Balaban J connectivity index is 2.04. The van der Waals surface area contributed by atoms with Gasteiger partial charge in [-0.2, -0.15) is 0 Å². The van der Waals surface area contributed by atoms with Crippen LogP contribution in [0.4, 0.5) is 0 Å². The molecule has 0 aliphatic carbocycles. The summed E-state index contributed by atoms with van der Waals surface area (Å²) in [5.41, 5.74) is 6.56. The number of nitrogens with two attached hydrogens (primary N) is 1. The maximum absolute atomic E-state index is 5.65. The molecular weight excluding hydrogens is 204 g/mol. The van der Waals surface area contributed by atoms with E-state index >= 15 is 0 Å². The lowest BCUT2D eigenvalue weighted by atomic mass is 9.98. The van der Waals surface area contributed by atoms with Crippen molar-refractivity contribution in [1.82, 2.24) is 4.98 Å². The van der Waals surface area contributed by atoms with Crippen molar-refractivity contribution >= 4 is 0 Å². The molecule has 1 aliphatic heterocycles. The molecule has 0 bridgehead atoms. The van der Waals surface area contributed by atoms with E-state index < -0.39 is 0 Å². The lowest BCUT2D eigenvalue weighted by Gasteiger charge is -2.20. The van der Waals surface area contributed by atoms with Crippen molar-refractivity contribution in [3.8, 4) is 0 Å². The van der Waals surface area contributed by atoms with Crippen LogP contribution in [-0.2, 0) is 11.2 Å². The molecule has 0 saturated carbocycles. The van der Waals surface area contributed by atoms with Crippen LogP contribution in [0.5, 0.6) is 0 Å². The van der Waals surface area contributed by atoms with Crippen LogP contribution in [0.2, 0.25) is 0 Å². The van der Waals surface area contributed by atoms with Gasteiger partial charge in [0, 0.05) is 18.9 Å². The molecular formula is C12H20N2O2. The summed E-state index contributed by atoms with van der Waals surface area (Å²) in [6.07, 6.45) is 4.05. The number of aromatic nitrogens is 1. The standard InChI is InChI=1S/C12H20N2O2/c1-9-12(10-4-3-7-15-8-10)14-11(16-9)5-2-6-13/h10H,2-8,13H2,1H3. The summed E-state index contributed by atoms with van der Waals surface area (Å²) in [4.78, 5) is 4.57. The van der Waals surface area contributed by atoms with Crippen molar-refractivity contribution in [3.63, 3.8) is 0 Å². The van der Waals surface area contributed by atoms with E-state index in [0.29, 0.717) is 12.5 Å². The van der Waals surface area contributed by atoms with Gasteiger partial charge in [0.15, 0.2) is 5.89 Å². The summed E-state index contributed by atoms with van der Waals surface area (Å²) in [5, 5.41) is 0. The highest BCUT2D eigenvalue weighted by atomic mass is 16.5. The van der Waals surface area contributed by atoms with Gasteiger partial charge in [-0.05, 0) is 32.7 Å². The lowest BCUT2D eigenvalue weighted by molar-refractivity contribution is 0.0790. The first kappa shape index (κ1) is 11.6. The van der Waals surface area contributed by atoms with Crippen LogP contribution >= 0.6 is 0 Å². The topological polar surface area (TPSA) is 61.3 Å². The molecule has 2 rings (SSSR count). The molecule has 1 atom stereocenters. The fourth-order valence-electron chi connectivity index (χ4n) is 2.16. The van der Waals surface area contributed by atoms with Crippen molar-refractivity contribution in [2.75, 3.05) is 19.8 Å². The van der Waals surface area contributed by atoms with Crippen molar-refractivity contribution in [2.24, 2.45) is 5.73 Å². The Morgan fingerprint density at radius 1 is 1.50 bits per heavy atom. The number of rotatable bonds is 4. The summed E-state index contributed by atoms with van der Waals surface area (Å²) in [6.45, 7) is 4.34. The third-order valence-electron chi connectivity index (χ3n) is 3.02. The first-order chi connectivity index (χ1) is 7.81. The maximum atomic E-state index is 5.65. The highest BCUT2D eigenvalue weighted by Gasteiger charge is 2.22. The zero-order chi connectivity index (χ0) is 11.4. The van der Waals surface area contributed by atoms with Gasteiger partial charge in [-0.25, -0.2) is 4.98 Å². The average Bonchev–Trinajstić information content (AvgIpc) is 2.69. The molecule has 4 nitrogen and oxygen atoms in total. The quantitative estimate of drug-likeness (QED) is 0.846. The molecule has 0 amide bonds. The summed E-state index contributed by atoms with van der Waals surface area (Å²) >= 11 is 0. The van der Waals surface area contributed by atoms with E-state index in [1.54, 1.807) is 0 Å². The number of aryl methyl sites for hydroxylation is 2.